The van der Waals surface area contributed by atoms with Crippen molar-refractivity contribution >= 4 is 27.4 Å². The number of alkyl carbamates (subject to hydrolysis) is 1. The molecule has 0 bridgehead atoms. The fourth-order valence-corrected chi connectivity index (χ4v) is 5.14. The van der Waals surface area contributed by atoms with Gasteiger partial charge in [0.25, 0.3) is 0 Å². The van der Waals surface area contributed by atoms with Crippen molar-refractivity contribution in [2.75, 3.05) is 11.9 Å². The maximum Gasteiger partial charge on any atom is 0.407 e. The first-order valence-electron chi connectivity index (χ1n) is 9.51. The number of H-pyrrole nitrogens is 1. The summed E-state index contributed by atoms with van der Waals surface area (Å²) in [6, 6.07) is 7.38. The third kappa shape index (κ3) is 4.70. The third-order valence-electron chi connectivity index (χ3n) is 4.81. The second kappa shape index (κ2) is 7.68. The number of ether oxygens (including phenoxy) is 2. The third-order valence-corrected chi connectivity index (χ3v) is 6.32. The van der Waals surface area contributed by atoms with Gasteiger partial charge in [0.2, 0.25) is 0 Å². The summed E-state index contributed by atoms with van der Waals surface area (Å²) in [4.78, 5) is 11.7. The number of aromatic amines is 1. The molecule has 0 radical (unpaired) electrons. The Bertz CT molecular complexity index is 1020. The van der Waals surface area contributed by atoms with E-state index >= 15 is 0 Å². The standard InChI is InChI=1S/C19H24N4O5S/c1-11(2)20-19(24)28-15-6-17(27-8-15)16-7-18(23-22-16)21-14-4-3-12-9-29(25,26)10-13(12)5-14/h3-5,7,11,15,17H,6,8-10H2,1-2H3,(H,20,24)(H2,21,22,23)/t15-,17+/m0/s1. The van der Waals surface area contributed by atoms with Crippen molar-refractivity contribution in [3.63, 3.8) is 0 Å². The summed E-state index contributed by atoms with van der Waals surface area (Å²) in [5, 5.41) is 13.1. The molecule has 2 aliphatic rings. The molecule has 0 spiro atoms. The lowest BCUT2D eigenvalue weighted by Gasteiger charge is -2.13. The highest BCUT2D eigenvalue weighted by Crippen LogP contribution is 2.32. The monoisotopic (exact) mass is 420 g/mol. The van der Waals surface area contributed by atoms with Crippen LogP contribution < -0.4 is 10.6 Å². The fourth-order valence-electron chi connectivity index (χ4n) is 3.54. The molecule has 0 aliphatic carbocycles. The van der Waals surface area contributed by atoms with Crippen molar-refractivity contribution < 1.29 is 22.7 Å². The summed E-state index contributed by atoms with van der Waals surface area (Å²) < 4.78 is 34.6. The van der Waals surface area contributed by atoms with Crippen LogP contribution in [-0.4, -0.2) is 43.5 Å². The minimum atomic E-state index is -3.03. The first-order chi connectivity index (χ1) is 13.8. The lowest BCUT2D eigenvalue weighted by atomic mass is 10.1. The van der Waals surface area contributed by atoms with Crippen LogP contribution in [0.15, 0.2) is 24.3 Å². The van der Waals surface area contributed by atoms with E-state index in [1.54, 1.807) is 0 Å². The minimum Gasteiger partial charge on any atom is -0.444 e. The molecule has 10 heteroatoms. The SMILES string of the molecule is CC(C)NC(=O)O[C@@H]1CO[C@@H](c2cc(Nc3ccc4c(c3)CS(=O)(=O)C4)n[nH]2)C1. The van der Waals surface area contributed by atoms with Crippen molar-refractivity contribution in [1.29, 1.82) is 0 Å². The number of aromatic nitrogens is 2. The van der Waals surface area contributed by atoms with Crippen LogP contribution in [0.25, 0.3) is 0 Å². The van der Waals surface area contributed by atoms with Crippen molar-refractivity contribution in [2.45, 2.75) is 50.0 Å². The number of sulfone groups is 1. The second-order valence-electron chi connectivity index (χ2n) is 7.73. The lowest BCUT2D eigenvalue weighted by molar-refractivity contribution is 0.0682. The summed E-state index contributed by atoms with van der Waals surface area (Å²) in [6.07, 6.45) is -0.443. The smallest absolute Gasteiger partial charge is 0.407 e. The molecule has 2 atom stereocenters. The van der Waals surface area contributed by atoms with E-state index in [1.807, 2.05) is 38.1 Å². The first kappa shape index (κ1) is 19.7. The van der Waals surface area contributed by atoms with Crippen LogP contribution in [0.5, 0.6) is 0 Å². The van der Waals surface area contributed by atoms with E-state index in [9.17, 15) is 13.2 Å². The number of hydrogen-bond acceptors (Lipinski definition) is 7. The molecule has 1 fully saturated rings. The van der Waals surface area contributed by atoms with Gasteiger partial charge in [-0.25, -0.2) is 13.2 Å². The van der Waals surface area contributed by atoms with Crippen molar-refractivity contribution in [1.82, 2.24) is 15.5 Å². The average molecular weight is 420 g/mol. The number of nitrogens with one attached hydrogen (secondary N) is 3. The van der Waals surface area contributed by atoms with Crippen LogP contribution >= 0.6 is 0 Å². The number of benzene rings is 1. The van der Waals surface area contributed by atoms with Gasteiger partial charge in [-0.15, -0.1) is 0 Å². The van der Waals surface area contributed by atoms with Gasteiger partial charge in [0.05, 0.1) is 23.8 Å². The molecule has 9 nitrogen and oxygen atoms in total. The Kier molecular flexibility index (Phi) is 5.22. The van der Waals surface area contributed by atoms with E-state index in [0.29, 0.717) is 18.8 Å². The normalized spacial score (nSPS) is 22.4. The molecule has 156 valence electrons. The fraction of sp³-hybridized carbons (Fsp3) is 0.474. The van der Waals surface area contributed by atoms with Crippen LogP contribution in [-0.2, 0) is 30.8 Å². The molecule has 2 aromatic rings. The second-order valence-corrected chi connectivity index (χ2v) is 9.80. The van der Waals surface area contributed by atoms with Gasteiger partial charge in [-0.3, -0.25) is 5.10 Å². The van der Waals surface area contributed by atoms with Crippen LogP contribution in [0.4, 0.5) is 16.3 Å². The van der Waals surface area contributed by atoms with Crippen LogP contribution in [0.1, 0.15) is 43.2 Å². The highest BCUT2D eigenvalue weighted by molar-refractivity contribution is 7.90. The number of amides is 1. The molecular weight excluding hydrogens is 396 g/mol. The summed E-state index contributed by atoms with van der Waals surface area (Å²) >= 11 is 0. The zero-order valence-electron chi connectivity index (χ0n) is 16.3. The maximum absolute atomic E-state index is 11.8. The molecule has 2 aliphatic heterocycles. The number of rotatable bonds is 5. The number of anilines is 2. The van der Waals surface area contributed by atoms with Crippen molar-refractivity contribution in [2.24, 2.45) is 0 Å². The van der Waals surface area contributed by atoms with Gasteiger partial charge in [0, 0.05) is 24.2 Å². The highest BCUT2D eigenvalue weighted by atomic mass is 32.2. The Labute approximate surface area is 169 Å². The number of carbonyl (C=O) groups excluding carboxylic acids is 1. The molecule has 4 rings (SSSR count). The Hall–Kier alpha value is -2.59. The summed E-state index contributed by atoms with van der Waals surface area (Å²) in [5.41, 5.74) is 3.24. The Balaban J connectivity index is 1.36. The molecule has 0 unspecified atom stereocenters. The van der Waals surface area contributed by atoms with E-state index in [0.717, 1.165) is 22.5 Å². The molecule has 0 saturated carbocycles. The van der Waals surface area contributed by atoms with Crippen LogP contribution in [0, 0.1) is 0 Å². The van der Waals surface area contributed by atoms with Crippen LogP contribution in [0.3, 0.4) is 0 Å². The Morgan fingerprint density at radius 1 is 1.28 bits per heavy atom. The predicted octanol–water partition coefficient (Wildman–Crippen LogP) is 2.55. The van der Waals surface area contributed by atoms with Gasteiger partial charge < -0.3 is 20.1 Å². The van der Waals surface area contributed by atoms with E-state index in [2.05, 4.69) is 20.8 Å². The highest BCUT2D eigenvalue weighted by Gasteiger charge is 2.31. The van der Waals surface area contributed by atoms with Gasteiger partial charge in [0.15, 0.2) is 15.7 Å². The van der Waals surface area contributed by atoms with Crippen LogP contribution in [0.2, 0.25) is 0 Å². The number of hydrogen-bond donors (Lipinski definition) is 3. The largest absolute Gasteiger partial charge is 0.444 e. The van der Waals surface area contributed by atoms with Gasteiger partial charge >= 0.3 is 6.09 Å². The molecule has 1 amide bonds. The average Bonchev–Trinajstić information content (AvgIpc) is 3.31. The maximum atomic E-state index is 11.8. The van der Waals surface area contributed by atoms with E-state index in [1.165, 1.54) is 0 Å². The molecule has 1 aromatic carbocycles. The summed E-state index contributed by atoms with van der Waals surface area (Å²) in [5.74, 6) is 0.782. The van der Waals surface area contributed by atoms with Gasteiger partial charge in [0.1, 0.15) is 12.2 Å². The van der Waals surface area contributed by atoms with Gasteiger partial charge in [-0.05, 0) is 37.1 Å². The molecular formula is C19H24N4O5S. The van der Waals surface area contributed by atoms with Crippen molar-refractivity contribution in [3.05, 3.63) is 41.1 Å². The van der Waals surface area contributed by atoms with E-state index in [4.69, 9.17) is 9.47 Å². The molecule has 3 N–H and O–H groups in total. The summed E-state index contributed by atoms with van der Waals surface area (Å²) in [7, 11) is -3.03. The summed E-state index contributed by atoms with van der Waals surface area (Å²) in [6.45, 7) is 4.07. The first-order valence-corrected chi connectivity index (χ1v) is 11.3. The number of carbonyl (C=O) groups is 1. The predicted molar refractivity (Wildman–Crippen MR) is 106 cm³/mol. The molecule has 29 heavy (non-hydrogen) atoms. The lowest BCUT2D eigenvalue weighted by Crippen LogP contribution is -2.33. The van der Waals surface area contributed by atoms with Gasteiger partial charge in [-0.1, -0.05) is 6.07 Å². The minimum absolute atomic E-state index is 0.0150. The Morgan fingerprint density at radius 3 is 2.86 bits per heavy atom. The van der Waals surface area contributed by atoms with E-state index in [-0.39, 0.29) is 29.8 Å². The number of nitrogens with zero attached hydrogens (tertiary/aromatic N) is 1. The quantitative estimate of drug-likeness (QED) is 0.679. The van der Waals surface area contributed by atoms with E-state index < -0.39 is 15.9 Å². The molecule has 1 saturated heterocycles. The van der Waals surface area contributed by atoms with Crippen molar-refractivity contribution in [3.8, 4) is 0 Å². The molecule has 1 aromatic heterocycles. The molecule has 3 heterocycles. The zero-order chi connectivity index (χ0) is 20.6. The Morgan fingerprint density at radius 2 is 2.07 bits per heavy atom. The number of fused-ring (bicyclic) bond motifs is 1. The zero-order valence-corrected chi connectivity index (χ0v) is 17.1. The van der Waals surface area contributed by atoms with Gasteiger partial charge in [-0.2, -0.15) is 5.10 Å². The topological polar surface area (TPSA) is 122 Å².